The van der Waals surface area contributed by atoms with Gasteiger partial charge < -0.3 is 20.9 Å². The first-order valence-corrected chi connectivity index (χ1v) is 9.07. The Hall–Kier alpha value is -0.570. The highest BCUT2D eigenvalue weighted by Gasteiger charge is 2.19. The van der Waals surface area contributed by atoms with Crippen LogP contribution in [0, 0.1) is 0 Å². The van der Waals surface area contributed by atoms with Gasteiger partial charge in [-0.15, -0.1) is 24.0 Å². The van der Waals surface area contributed by atoms with E-state index in [1.54, 1.807) is 7.05 Å². The molecule has 1 saturated heterocycles. The van der Waals surface area contributed by atoms with Crippen molar-refractivity contribution in [3.05, 3.63) is 0 Å². The molecule has 1 heterocycles. The van der Waals surface area contributed by atoms with Crippen molar-refractivity contribution in [2.45, 2.75) is 65.0 Å². The Balaban J connectivity index is 0.00000529. The zero-order chi connectivity index (χ0) is 17.1. The zero-order valence-electron chi connectivity index (χ0n) is 15.7. The molecule has 1 atom stereocenters. The van der Waals surface area contributed by atoms with E-state index in [1.165, 1.54) is 13.0 Å². The van der Waals surface area contributed by atoms with E-state index < -0.39 is 0 Å². The van der Waals surface area contributed by atoms with Crippen molar-refractivity contribution in [3.8, 4) is 0 Å². The van der Waals surface area contributed by atoms with Crippen LogP contribution in [0.1, 0.15) is 52.9 Å². The summed E-state index contributed by atoms with van der Waals surface area (Å²) in [7, 11) is 1.78. The van der Waals surface area contributed by atoms with Crippen LogP contribution in [0.4, 0.5) is 0 Å². The van der Waals surface area contributed by atoms with Gasteiger partial charge in [-0.2, -0.15) is 0 Å². The second kappa shape index (κ2) is 13.7. The summed E-state index contributed by atoms with van der Waals surface area (Å²) in [6.07, 6.45) is 4.95. The molecule has 1 aliphatic heterocycles. The minimum atomic E-state index is 0. The first kappa shape index (κ1) is 23.4. The van der Waals surface area contributed by atoms with Crippen molar-refractivity contribution in [2.24, 2.45) is 4.99 Å². The summed E-state index contributed by atoms with van der Waals surface area (Å²) >= 11 is 0. The topological polar surface area (TPSA) is 68.8 Å². The lowest BCUT2D eigenvalue weighted by Gasteiger charge is -2.32. The van der Waals surface area contributed by atoms with Crippen LogP contribution in [0.15, 0.2) is 4.99 Å². The van der Waals surface area contributed by atoms with E-state index in [1.807, 2.05) is 6.92 Å². The number of halogens is 1. The summed E-state index contributed by atoms with van der Waals surface area (Å²) in [5.74, 6) is 0.894. The first-order valence-electron chi connectivity index (χ1n) is 9.07. The molecule has 1 amide bonds. The molecule has 0 aromatic heterocycles. The number of guanidine groups is 1. The highest BCUT2D eigenvalue weighted by Crippen LogP contribution is 2.10. The molecule has 0 bridgehead atoms. The molecule has 1 unspecified atom stereocenters. The number of nitrogens with one attached hydrogen (secondary N) is 3. The SMILES string of the molecule is CCCN1CCC(NC(=NC)NCCC(=O)NC(C)CC)CC1.I. The van der Waals surface area contributed by atoms with Crippen LogP contribution in [0.3, 0.4) is 0 Å². The number of carbonyl (C=O) groups excluding carboxylic acids is 1. The normalized spacial score (nSPS) is 17.8. The van der Waals surface area contributed by atoms with E-state index in [0.717, 1.165) is 38.3 Å². The van der Waals surface area contributed by atoms with Gasteiger partial charge in [0.1, 0.15) is 0 Å². The fourth-order valence-electron chi connectivity index (χ4n) is 2.75. The number of carbonyl (C=O) groups is 1. The molecule has 1 aliphatic rings. The number of amides is 1. The molecule has 0 aromatic rings. The zero-order valence-corrected chi connectivity index (χ0v) is 18.1. The van der Waals surface area contributed by atoms with Crippen molar-refractivity contribution < 1.29 is 4.79 Å². The van der Waals surface area contributed by atoms with Crippen LogP contribution in [0.2, 0.25) is 0 Å². The number of hydrogen-bond acceptors (Lipinski definition) is 3. The maximum atomic E-state index is 11.8. The van der Waals surface area contributed by atoms with Crippen molar-refractivity contribution in [2.75, 3.05) is 33.2 Å². The lowest BCUT2D eigenvalue weighted by molar-refractivity contribution is -0.121. The fraction of sp³-hybridized carbons (Fsp3) is 0.882. The summed E-state index contributed by atoms with van der Waals surface area (Å²) in [4.78, 5) is 18.5. The van der Waals surface area contributed by atoms with Gasteiger partial charge in [0.05, 0.1) is 0 Å². The van der Waals surface area contributed by atoms with Gasteiger partial charge in [0.15, 0.2) is 5.96 Å². The molecule has 0 spiro atoms. The Morgan fingerprint density at radius 2 is 1.96 bits per heavy atom. The fourth-order valence-corrected chi connectivity index (χ4v) is 2.75. The Labute approximate surface area is 164 Å². The van der Waals surface area contributed by atoms with E-state index in [2.05, 4.69) is 39.7 Å². The van der Waals surface area contributed by atoms with E-state index in [-0.39, 0.29) is 35.9 Å². The van der Waals surface area contributed by atoms with E-state index in [4.69, 9.17) is 0 Å². The van der Waals surface area contributed by atoms with Gasteiger partial charge in [-0.1, -0.05) is 13.8 Å². The lowest BCUT2D eigenvalue weighted by Crippen LogP contribution is -2.49. The van der Waals surface area contributed by atoms with Crippen LogP contribution in [-0.2, 0) is 4.79 Å². The van der Waals surface area contributed by atoms with Gasteiger partial charge >= 0.3 is 0 Å². The highest BCUT2D eigenvalue weighted by atomic mass is 127. The monoisotopic (exact) mass is 453 g/mol. The maximum absolute atomic E-state index is 11.8. The molecule has 6 nitrogen and oxygen atoms in total. The summed E-state index contributed by atoms with van der Waals surface area (Å²) in [5, 5.41) is 9.69. The second-order valence-electron chi connectivity index (χ2n) is 6.39. The van der Waals surface area contributed by atoms with Crippen molar-refractivity contribution >= 4 is 35.8 Å². The van der Waals surface area contributed by atoms with Gasteiger partial charge in [-0.25, -0.2) is 0 Å². The molecule has 1 fully saturated rings. The van der Waals surface area contributed by atoms with Crippen molar-refractivity contribution in [1.29, 1.82) is 0 Å². The lowest BCUT2D eigenvalue weighted by atomic mass is 10.1. The third kappa shape index (κ3) is 9.66. The second-order valence-corrected chi connectivity index (χ2v) is 6.39. The predicted molar refractivity (Wildman–Crippen MR) is 112 cm³/mol. The number of aliphatic imine (C=N–C) groups is 1. The van der Waals surface area contributed by atoms with Gasteiger partial charge in [0.2, 0.25) is 5.91 Å². The van der Waals surface area contributed by atoms with Crippen molar-refractivity contribution in [1.82, 2.24) is 20.9 Å². The summed E-state index contributed by atoms with van der Waals surface area (Å²) < 4.78 is 0. The summed E-state index contributed by atoms with van der Waals surface area (Å²) in [6.45, 7) is 10.4. The Morgan fingerprint density at radius 1 is 1.29 bits per heavy atom. The predicted octanol–water partition coefficient (Wildman–Crippen LogP) is 1.95. The third-order valence-electron chi connectivity index (χ3n) is 4.36. The summed E-state index contributed by atoms with van der Waals surface area (Å²) in [6, 6.07) is 0.719. The number of rotatable bonds is 8. The van der Waals surface area contributed by atoms with Crippen LogP contribution in [-0.4, -0.2) is 62.1 Å². The van der Waals surface area contributed by atoms with E-state index in [0.29, 0.717) is 19.0 Å². The van der Waals surface area contributed by atoms with Gasteiger partial charge in [-0.05, 0) is 39.2 Å². The molecule has 3 N–H and O–H groups in total. The van der Waals surface area contributed by atoms with Crippen LogP contribution in [0.25, 0.3) is 0 Å². The van der Waals surface area contributed by atoms with Crippen LogP contribution in [0.5, 0.6) is 0 Å². The molecule has 0 radical (unpaired) electrons. The van der Waals surface area contributed by atoms with Gasteiger partial charge in [-0.3, -0.25) is 9.79 Å². The van der Waals surface area contributed by atoms with Crippen LogP contribution >= 0.6 is 24.0 Å². The average Bonchev–Trinajstić information content (AvgIpc) is 2.55. The standard InChI is InChI=1S/C17H35N5O.HI/c1-5-11-22-12-8-15(9-13-22)21-17(18-4)19-10-7-16(23)20-14(3)6-2;/h14-15H,5-13H2,1-4H3,(H,20,23)(H2,18,19,21);1H. The Morgan fingerprint density at radius 3 is 2.50 bits per heavy atom. The van der Waals surface area contributed by atoms with Gasteiger partial charge in [0, 0.05) is 45.2 Å². The third-order valence-corrected chi connectivity index (χ3v) is 4.36. The minimum Gasteiger partial charge on any atom is -0.356 e. The molecule has 142 valence electrons. The Kier molecular flexibility index (Phi) is 13.4. The molecule has 0 aromatic carbocycles. The quantitative estimate of drug-likeness (QED) is 0.299. The number of likely N-dealkylation sites (tertiary alicyclic amines) is 1. The minimum absolute atomic E-state index is 0. The molecule has 0 saturated carbocycles. The molecular weight excluding hydrogens is 417 g/mol. The Bertz CT molecular complexity index is 370. The highest BCUT2D eigenvalue weighted by molar-refractivity contribution is 14.0. The van der Waals surface area contributed by atoms with Gasteiger partial charge in [0.25, 0.3) is 0 Å². The number of piperidine rings is 1. The largest absolute Gasteiger partial charge is 0.356 e. The van der Waals surface area contributed by atoms with E-state index in [9.17, 15) is 4.79 Å². The number of hydrogen-bond donors (Lipinski definition) is 3. The molecular formula is C17H36IN5O. The van der Waals surface area contributed by atoms with Crippen LogP contribution < -0.4 is 16.0 Å². The molecule has 0 aliphatic carbocycles. The number of nitrogens with zero attached hydrogens (tertiary/aromatic N) is 2. The molecule has 1 rings (SSSR count). The van der Waals surface area contributed by atoms with Crippen molar-refractivity contribution in [3.63, 3.8) is 0 Å². The molecule has 24 heavy (non-hydrogen) atoms. The average molecular weight is 453 g/mol. The van der Waals surface area contributed by atoms with E-state index >= 15 is 0 Å². The summed E-state index contributed by atoms with van der Waals surface area (Å²) in [5.41, 5.74) is 0. The smallest absolute Gasteiger partial charge is 0.221 e. The first-order chi connectivity index (χ1) is 11.1. The maximum Gasteiger partial charge on any atom is 0.221 e. The molecule has 7 heteroatoms.